The zero-order valence-corrected chi connectivity index (χ0v) is 12.6. The summed E-state index contributed by atoms with van der Waals surface area (Å²) < 4.78 is 18.8. The van der Waals surface area contributed by atoms with Crippen molar-refractivity contribution < 1.29 is 9.13 Å². The summed E-state index contributed by atoms with van der Waals surface area (Å²) >= 11 is 0. The van der Waals surface area contributed by atoms with Crippen molar-refractivity contribution in [3.05, 3.63) is 35.9 Å². The second-order valence-electron chi connectivity index (χ2n) is 4.68. The molecule has 0 saturated heterocycles. The van der Waals surface area contributed by atoms with Crippen LogP contribution in [-0.4, -0.2) is 23.6 Å². The Bertz CT molecular complexity index is 616. The standard InChI is InChI=1S/C16H20FN3O/c1-4-8-18-16-10-13(19-15(5-2)20-16)12-9-11(17)6-7-14(12)21-3/h6-7,9-10H,4-5,8H2,1-3H3,(H,18,19,20). The van der Waals surface area contributed by atoms with Crippen LogP contribution in [0.4, 0.5) is 10.2 Å². The first kappa shape index (κ1) is 15.2. The average molecular weight is 289 g/mol. The minimum Gasteiger partial charge on any atom is -0.496 e. The number of methoxy groups -OCH3 is 1. The molecule has 5 heteroatoms. The van der Waals surface area contributed by atoms with Gasteiger partial charge in [0.2, 0.25) is 0 Å². The molecule has 21 heavy (non-hydrogen) atoms. The summed E-state index contributed by atoms with van der Waals surface area (Å²) in [6.07, 6.45) is 1.72. The number of ether oxygens (including phenoxy) is 1. The predicted molar refractivity (Wildman–Crippen MR) is 82.1 cm³/mol. The Morgan fingerprint density at radius 1 is 1.19 bits per heavy atom. The number of nitrogens with zero attached hydrogens (tertiary/aromatic N) is 2. The summed E-state index contributed by atoms with van der Waals surface area (Å²) in [6, 6.07) is 6.24. The zero-order valence-electron chi connectivity index (χ0n) is 12.6. The highest BCUT2D eigenvalue weighted by Crippen LogP contribution is 2.30. The second kappa shape index (κ2) is 7.02. The number of hydrogen-bond acceptors (Lipinski definition) is 4. The molecule has 0 bridgehead atoms. The number of nitrogens with one attached hydrogen (secondary N) is 1. The number of halogens is 1. The van der Waals surface area contributed by atoms with Gasteiger partial charge in [0.1, 0.15) is 23.2 Å². The number of rotatable bonds is 6. The van der Waals surface area contributed by atoms with E-state index in [2.05, 4.69) is 22.2 Å². The molecule has 2 rings (SSSR count). The van der Waals surface area contributed by atoms with E-state index in [9.17, 15) is 4.39 Å². The minimum absolute atomic E-state index is 0.314. The van der Waals surface area contributed by atoms with E-state index >= 15 is 0 Å². The van der Waals surface area contributed by atoms with Crippen molar-refractivity contribution in [3.63, 3.8) is 0 Å². The van der Waals surface area contributed by atoms with Gasteiger partial charge in [-0.3, -0.25) is 0 Å². The third-order valence-electron chi connectivity index (χ3n) is 3.08. The van der Waals surface area contributed by atoms with Crippen LogP contribution in [0.1, 0.15) is 26.1 Å². The molecule has 0 amide bonds. The highest BCUT2D eigenvalue weighted by Gasteiger charge is 2.11. The lowest BCUT2D eigenvalue weighted by atomic mass is 10.1. The monoisotopic (exact) mass is 289 g/mol. The fourth-order valence-electron chi connectivity index (χ4n) is 2.02. The lowest BCUT2D eigenvalue weighted by Gasteiger charge is -2.11. The molecular weight excluding hydrogens is 269 g/mol. The largest absolute Gasteiger partial charge is 0.496 e. The Labute approximate surface area is 124 Å². The van der Waals surface area contributed by atoms with Gasteiger partial charge in [0, 0.05) is 24.6 Å². The molecule has 4 nitrogen and oxygen atoms in total. The van der Waals surface area contributed by atoms with Gasteiger partial charge in [-0.05, 0) is 24.6 Å². The summed E-state index contributed by atoms with van der Waals surface area (Å²) in [5, 5.41) is 3.25. The van der Waals surface area contributed by atoms with Gasteiger partial charge < -0.3 is 10.1 Å². The van der Waals surface area contributed by atoms with E-state index in [1.165, 1.54) is 12.1 Å². The molecule has 0 saturated carbocycles. The number of benzene rings is 1. The van der Waals surface area contributed by atoms with Gasteiger partial charge >= 0.3 is 0 Å². The van der Waals surface area contributed by atoms with E-state index in [1.807, 2.05) is 13.0 Å². The maximum atomic E-state index is 13.5. The molecule has 0 aliphatic heterocycles. The summed E-state index contributed by atoms with van der Waals surface area (Å²) in [4.78, 5) is 8.92. The van der Waals surface area contributed by atoms with Gasteiger partial charge in [-0.25, -0.2) is 14.4 Å². The van der Waals surface area contributed by atoms with E-state index in [-0.39, 0.29) is 5.82 Å². The van der Waals surface area contributed by atoms with Gasteiger partial charge in [-0.2, -0.15) is 0 Å². The van der Waals surface area contributed by atoms with E-state index in [0.29, 0.717) is 23.4 Å². The predicted octanol–water partition coefficient (Wildman–Crippen LogP) is 3.68. The fraction of sp³-hybridized carbons (Fsp3) is 0.375. The lowest BCUT2D eigenvalue weighted by Crippen LogP contribution is -2.06. The van der Waals surface area contributed by atoms with Crippen molar-refractivity contribution in [2.45, 2.75) is 26.7 Å². The topological polar surface area (TPSA) is 47.0 Å². The molecule has 112 valence electrons. The molecule has 0 unspecified atom stereocenters. The van der Waals surface area contributed by atoms with Crippen molar-refractivity contribution in [2.75, 3.05) is 19.0 Å². The first-order valence-corrected chi connectivity index (χ1v) is 7.13. The summed E-state index contributed by atoms with van der Waals surface area (Å²) in [6.45, 7) is 4.91. The average Bonchev–Trinajstić information content (AvgIpc) is 2.52. The third kappa shape index (κ3) is 3.68. The van der Waals surface area contributed by atoms with Crippen LogP contribution in [0.5, 0.6) is 5.75 Å². The smallest absolute Gasteiger partial charge is 0.131 e. The quantitative estimate of drug-likeness (QED) is 0.881. The minimum atomic E-state index is -0.314. The van der Waals surface area contributed by atoms with E-state index < -0.39 is 0 Å². The molecule has 1 aromatic carbocycles. The first-order valence-electron chi connectivity index (χ1n) is 7.13. The normalized spacial score (nSPS) is 10.5. The van der Waals surface area contributed by atoms with Gasteiger partial charge in [0.25, 0.3) is 0 Å². The molecule has 0 atom stereocenters. The number of aromatic nitrogens is 2. The van der Waals surface area contributed by atoms with E-state index in [1.54, 1.807) is 13.2 Å². The molecule has 0 aliphatic carbocycles. The van der Waals surface area contributed by atoms with Crippen LogP contribution in [0, 0.1) is 5.82 Å². The van der Waals surface area contributed by atoms with Gasteiger partial charge in [-0.15, -0.1) is 0 Å². The summed E-state index contributed by atoms with van der Waals surface area (Å²) in [5.74, 6) is 1.76. The van der Waals surface area contributed by atoms with Gasteiger partial charge in [0.05, 0.1) is 12.8 Å². The van der Waals surface area contributed by atoms with Crippen LogP contribution in [0.2, 0.25) is 0 Å². The van der Waals surface area contributed by atoms with Crippen LogP contribution >= 0.6 is 0 Å². The number of anilines is 1. The fourth-order valence-corrected chi connectivity index (χ4v) is 2.02. The van der Waals surface area contributed by atoms with Crippen molar-refractivity contribution in [1.82, 2.24) is 9.97 Å². The molecule has 0 spiro atoms. The molecule has 0 aliphatic rings. The molecule has 0 fully saturated rings. The maximum absolute atomic E-state index is 13.5. The van der Waals surface area contributed by atoms with Crippen molar-refractivity contribution in [1.29, 1.82) is 0 Å². The molecule has 1 aromatic heterocycles. The van der Waals surface area contributed by atoms with E-state index in [4.69, 9.17) is 4.74 Å². The number of aryl methyl sites for hydroxylation is 1. The first-order chi connectivity index (χ1) is 10.2. The highest BCUT2D eigenvalue weighted by atomic mass is 19.1. The van der Waals surface area contributed by atoms with Crippen molar-refractivity contribution in [3.8, 4) is 17.0 Å². The highest BCUT2D eigenvalue weighted by molar-refractivity contribution is 5.69. The molecule has 0 radical (unpaired) electrons. The molecular formula is C16H20FN3O. The van der Waals surface area contributed by atoms with Crippen LogP contribution in [0.3, 0.4) is 0 Å². The summed E-state index contributed by atoms with van der Waals surface area (Å²) in [7, 11) is 1.56. The lowest BCUT2D eigenvalue weighted by molar-refractivity contribution is 0.415. The van der Waals surface area contributed by atoms with Crippen molar-refractivity contribution in [2.24, 2.45) is 0 Å². The molecule has 2 aromatic rings. The Hall–Kier alpha value is -2.17. The Kier molecular flexibility index (Phi) is 5.09. The molecule has 1 N–H and O–H groups in total. The SMILES string of the molecule is CCCNc1cc(-c2cc(F)ccc2OC)nc(CC)n1. The van der Waals surface area contributed by atoms with Crippen LogP contribution in [-0.2, 0) is 6.42 Å². The Morgan fingerprint density at radius 2 is 2.00 bits per heavy atom. The number of hydrogen-bond donors (Lipinski definition) is 1. The summed E-state index contributed by atoms with van der Waals surface area (Å²) in [5.41, 5.74) is 1.30. The van der Waals surface area contributed by atoms with Crippen LogP contribution in [0.25, 0.3) is 11.3 Å². The third-order valence-corrected chi connectivity index (χ3v) is 3.08. The maximum Gasteiger partial charge on any atom is 0.131 e. The zero-order chi connectivity index (χ0) is 15.2. The Balaban J connectivity index is 2.49. The van der Waals surface area contributed by atoms with E-state index in [0.717, 1.165) is 24.6 Å². The van der Waals surface area contributed by atoms with Crippen molar-refractivity contribution >= 4 is 5.82 Å². The van der Waals surface area contributed by atoms with Gasteiger partial charge in [-0.1, -0.05) is 13.8 Å². The second-order valence-corrected chi connectivity index (χ2v) is 4.68. The van der Waals surface area contributed by atoms with Gasteiger partial charge in [0.15, 0.2) is 0 Å². The molecule has 1 heterocycles. The van der Waals surface area contributed by atoms with Crippen LogP contribution in [0.15, 0.2) is 24.3 Å². The van der Waals surface area contributed by atoms with Crippen LogP contribution < -0.4 is 10.1 Å². The Morgan fingerprint density at radius 3 is 2.67 bits per heavy atom.